The molecule has 28 heavy (non-hydrogen) atoms. The van der Waals surface area contributed by atoms with Gasteiger partial charge < -0.3 is 14.6 Å². The molecule has 0 heterocycles. The quantitative estimate of drug-likeness (QED) is 0.258. The largest absolute Gasteiger partial charge is 0.466 e. The number of benzene rings is 1. The number of hydrogen-bond acceptors (Lipinski definition) is 4. The summed E-state index contributed by atoms with van der Waals surface area (Å²) < 4.78 is 11.1. The number of rotatable bonds is 18. The predicted octanol–water partition coefficient (Wildman–Crippen LogP) is 5.67. The van der Waals surface area contributed by atoms with Gasteiger partial charge in [-0.3, -0.25) is 4.79 Å². The molecular weight excluding hydrogens is 352 g/mol. The van der Waals surface area contributed by atoms with E-state index < -0.39 is 0 Å². The van der Waals surface area contributed by atoms with Crippen LogP contribution in [-0.4, -0.2) is 30.9 Å². The number of hydrogen-bond donors (Lipinski definition) is 1. The van der Waals surface area contributed by atoms with Crippen molar-refractivity contribution in [2.24, 2.45) is 5.92 Å². The number of aliphatic hydroxyl groups is 1. The van der Waals surface area contributed by atoms with Crippen LogP contribution in [-0.2, 0) is 20.9 Å². The maximum absolute atomic E-state index is 11.9. The van der Waals surface area contributed by atoms with Crippen LogP contribution < -0.4 is 0 Å². The maximum atomic E-state index is 11.9. The molecule has 1 unspecified atom stereocenters. The average Bonchev–Trinajstić information content (AvgIpc) is 2.71. The highest BCUT2D eigenvalue weighted by atomic mass is 16.5. The van der Waals surface area contributed by atoms with Crippen molar-refractivity contribution >= 4 is 5.97 Å². The topological polar surface area (TPSA) is 55.8 Å². The van der Waals surface area contributed by atoms with E-state index in [1.807, 2.05) is 30.3 Å². The third kappa shape index (κ3) is 13.7. The summed E-state index contributed by atoms with van der Waals surface area (Å²) in [7, 11) is 0. The van der Waals surface area contributed by atoms with Crippen molar-refractivity contribution < 1.29 is 19.4 Å². The van der Waals surface area contributed by atoms with Gasteiger partial charge in [0.15, 0.2) is 0 Å². The second-order valence-electron chi connectivity index (χ2n) is 7.61. The molecule has 4 heteroatoms. The summed E-state index contributed by atoms with van der Waals surface area (Å²) in [4.78, 5) is 11.9. The Morgan fingerprint density at radius 1 is 0.964 bits per heavy atom. The molecule has 1 atom stereocenters. The molecule has 0 aliphatic carbocycles. The normalized spacial score (nSPS) is 12.1. The zero-order valence-corrected chi connectivity index (χ0v) is 17.7. The molecule has 1 aromatic rings. The van der Waals surface area contributed by atoms with Crippen LogP contribution in [0.2, 0.25) is 0 Å². The highest BCUT2D eigenvalue weighted by Crippen LogP contribution is 2.13. The van der Waals surface area contributed by atoms with Crippen molar-refractivity contribution in [2.45, 2.75) is 84.2 Å². The zero-order valence-electron chi connectivity index (χ0n) is 17.7. The van der Waals surface area contributed by atoms with Crippen LogP contribution in [0, 0.1) is 5.92 Å². The molecular formula is C24H40O4. The van der Waals surface area contributed by atoms with Gasteiger partial charge in [0, 0.05) is 13.0 Å². The molecule has 0 amide bonds. The first-order chi connectivity index (χ1) is 13.8. The van der Waals surface area contributed by atoms with E-state index in [1.165, 1.54) is 38.5 Å². The molecule has 0 saturated heterocycles. The Hall–Kier alpha value is -1.39. The molecule has 0 aliphatic heterocycles. The molecule has 0 aliphatic rings. The molecule has 1 rings (SSSR count). The minimum atomic E-state index is -0.0982. The van der Waals surface area contributed by atoms with E-state index in [-0.39, 0.29) is 18.5 Å². The lowest BCUT2D eigenvalue weighted by molar-refractivity contribution is -0.144. The van der Waals surface area contributed by atoms with Crippen LogP contribution in [0.1, 0.15) is 83.1 Å². The van der Waals surface area contributed by atoms with E-state index >= 15 is 0 Å². The number of unbranched alkanes of at least 4 members (excludes halogenated alkanes) is 7. The lowest BCUT2D eigenvalue weighted by Crippen LogP contribution is -2.16. The van der Waals surface area contributed by atoms with Crippen molar-refractivity contribution in [3.8, 4) is 0 Å². The lowest BCUT2D eigenvalue weighted by Gasteiger charge is -2.16. The van der Waals surface area contributed by atoms with E-state index in [2.05, 4.69) is 6.92 Å². The first-order valence-corrected chi connectivity index (χ1v) is 11.1. The van der Waals surface area contributed by atoms with Crippen molar-refractivity contribution in [3.63, 3.8) is 0 Å². The summed E-state index contributed by atoms with van der Waals surface area (Å²) in [6, 6.07) is 10.0. The number of esters is 1. The van der Waals surface area contributed by atoms with Gasteiger partial charge in [0.05, 0.1) is 19.8 Å². The van der Waals surface area contributed by atoms with Gasteiger partial charge in [-0.2, -0.15) is 0 Å². The molecule has 0 saturated carbocycles. The Bertz CT molecular complexity index is 475. The first kappa shape index (κ1) is 24.6. The van der Waals surface area contributed by atoms with Gasteiger partial charge in [-0.15, -0.1) is 0 Å². The van der Waals surface area contributed by atoms with Gasteiger partial charge in [-0.25, -0.2) is 0 Å². The zero-order chi connectivity index (χ0) is 20.3. The van der Waals surface area contributed by atoms with Gasteiger partial charge in [-0.1, -0.05) is 82.2 Å². The maximum Gasteiger partial charge on any atom is 0.305 e. The van der Waals surface area contributed by atoms with Gasteiger partial charge in [0.2, 0.25) is 0 Å². The Kier molecular flexibility index (Phi) is 15.6. The Morgan fingerprint density at radius 2 is 1.64 bits per heavy atom. The fourth-order valence-corrected chi connectivity index (χ4v) is 3.23. The number of ether oxygens (including phenoxy) is 2. The second kappa shape index (κ2) is 17.7. The summed E-state index contributed by atoms with van der Waals surface area (Å²) in [6.07, 6.45) is 11.7. The minimum absolute atomic E-state index is 0.0982. The molecule has 1 N–H and O–H groups in total. The highest BCUT2D eigenvalue weighted by molar-refractivity contribution is 5.69. The van der Waals surface area contributed by atoms with Gasteiger partial charge in [0.25, 0.3) is 0 Å². The molecule has 0 spiro atoms. The molecule has 0 bridgehead atoms. The average molecular weight is 393 g/mol. The molecule has 4 nitrogen and oxygen atoms in total. The number of aliphatic hydroxyl groups excluding tert-OH is 1. The second-order valence-corrected chi connectivity index (χ2v) is 7.61. The number of carbonyl (C=O) groups is 1. The standard InChI is InChI=1S/C24H40O4/c1-2-3-4-5-6-7-8-12-15-24(26)28-19-17-23(16-18-25)21-27-20-22-13-10-9-11-14-22/h9-11,13-14,23,25H,2-8,12,15-21H2,1H3. The molecule has 0 radical (unpaired) electrons. The summed E-state index contributed by atoms with van der Waals surface area (Å²) in [5.74, 6) is 0.114. The van der Waals surface area contributed by atoms with Crippen molar-refractivity contribution in [2.75, 3.05) is 19.8 Å². The monoisotopic (exact) mass is 392 g/mol. The third-order valence-corrected chi connectivity index (χ3v) is 5.03. The molecule has 0 aromatic heterocycles. The Labute approximate surface area is 171 Å². The van der Waals surface area contributed by atoms with E-state index in [1.54, 1.807) is 0 Å². The van der Waals surface area contributed by atoms with Gasteiger partial charge in [0.1, 0.15) is 0 Å². The SMILES string of the molecule is CCCCCCCCCCC(=O)OCCC(CCO)COCc1ccccc1. The van der Waals surface area contributed by atoms with E-state index in [9.17, 15) is 9.90 Å². The summed E-state index contributed by atoms with van der Waals surface area (Å²) >= 11 is 0. The minimum Gasteiger partial charge on any atom is -0.466 e. The van der Waals surface area contributed by atoms with Crippen LogP contribution in [0.4, 0.5) is 0 Å². The third-order valence-electron chi connectivity index (χ3n) is 5.03. The highest BCUT2D eigenvalue weighted by Gasteiger charge is 2.11. The van der Waals surface area contributed by atoms with Crippen LogP contribution in [0.3, 0.4) is 0 Å². The molecule has 160 valence electrons. The predicted molar refractivity (Wildman–Crippen MR) is 114 cm³/mol. The molecule has 0 fully saturated rings. The first-order valence-electron chi connectivity index (χ1n) is 11.1. The van der Waals surface area contributed by atoms with Crippen molar-refractivity contribution in [1.82, 2.24) is 0 Å². The van der Waals surface area contributed by atoms with Gasteiger partial charge in [-0.05, 0) is 30.7 Å². The van der Waals surface area contributed by atoms with Crippen molar-refractivity contribution in [3.05, 3.63) is 35.9 Å². The van der Waals surface area contributed by atoms with E-state index in [0.29, 0.717) is 32.7 Å². The number of carbonyl (C=O) groups excluding carboxylic acids is 1. The van der Waals surface area contributed by atoms with Crippen LogP contribution >= 0.6 is 0 Å². The summed E-state index contributed by atoms with van der Waals surface area (Å²) in [5.41, 5.74) is 1.14. The van der Waals surface area contributed by atoms with Crippen LogP contribution in [0.5, 0.6) is 0 Å². The smallest absolute Gasteiger partial charge is 0.305 e. The van der Waals surface area contributed by atoms with E-state index in [0.717, 1.165) is 24.8 Å². The lowest BCUT2D eigenvalue weighted by atomic mass is 10.0. The molecule has 1 aromatic carbocycles. The Morgan fingerprint density at radius 3 is 2.32 bits per heavy atom. The van der Waals surface area contributed by atoms with E-state index in [4.69, 9.17) is 9.47 Å². The fraction of sp³-hybridized carbons (Fsp3) is 0.708. The van der Waals surface area contributed by atoms with Gasteiger partial charge >= 0.3 is 5.97 Å². The Balaban J connectivity index is 2.04. The van der Waals surface area contributed by atoms with Crippen LogP contribution in [0.15, 0.2) is 30.3 Å². The van der Waals surface area contributed by atoms with Crippen LogP contribution in [0.25, 0.3) is 0 Å². The summed E-state index contributed by atoms with van der Waals surface area (Å²) in [6.45, 7) is 3.92. The van der Waals surface area contributed by atoms with Crippen molar-refractivity contribution in [1.29, 1.82) is 0 Å². The summed E-state index contributed by atoms with van der Waals surface area (Å²) in [5, 5.41) is 9.23. The fourth-order valence-electron chi connectivity index (χ4n) is 3.23.